The van der Waals surface area contributed by atoms with Crippen LogP contribution in [0.25, 0.3) is 16.8 Å². The number of fused-ring (bicyclic) bond motifs is 1. The molecule has 0 saturated carbocycles. The molecule has 2 heterocycles. The fraction of sp³-hybridized carbons (Fsp3) is 0.294. The van der Waals surface area contributed by atoms with Crippen LogP contribution < -0.4 is 5.32 Å². The summed E-state index contributed by atoms with van der Waals surface area (Å²) in [6.07, 6.45) is 0. The topological polar surface area (TPSA) is 51.5 Å². The van der Waals surface area contributed by atoms with Gasteiger partial charge in [-0.2, -0.15) is 9.61 Å². The molecule has 23 heavy (non-hydrogen) atoms. The number of nitrogens with one attached hydrogen (secondary N) is 1. The predicted molar refractivity (Wildman–Crippen MR) is 93.3 cm³/mol. The molecule has 3 aromatic rings. The highest BCUT2D eigenvalue weighted by Gasteiger charge is 2.15. The van der Waals surface area contributed by atoms with Gasteiger partial charge in [-0.05, 0) is 31.5 Å². The second-order valence-corrected chi connectivity index (χ2v) is 5.84. The molecule has 0 atom stereocenters. The Hall–Kier alpha value is -2.11. The van der Waals surface area contributed by atoms with E-state index >= 15 is 0 Å². The third-order valence-electron chi connectivity index (χ3n) is 3.64. The van der Waals surface area contributed by atoms with Gasteiger partial charge in [0, 0.05) is 36.0 Å². The number of methoxy groups -OCH3 is 1. The summed E-state index contributed by atoms with van der Waals surface area (Å²) >= 11 is 5.99. The minimum absolute atomic E-state index is 0.632. The van der Waals surface area contributed by atoms with Crippen molar-refractivity contribution in [2.45, 2.75) is 13.8 Å². The van der Waals surface area contributed by atoms with E-state index in [0.29, 0.717) is 18.2 Å². The van der Waals surface area contributed by atoms with Gasteiger partial charge in [0.05, 0.1) is 12.3 Å². The maximum Gasteiger partial charge on any atom is 0.165 e. The zero-order valence-electron chi connectivity index (χ0n) is 13.4. The van der Waals surface area contributed by atoms with Gasteiger partial charge in [0.2, 0.25) is 0 Å². The Labute approximate surface area is 140 Å². The molecule has 5 nitrogen and oxygen atoms in total. The summed E-state index contributed by atoms with van der Waals surface area (Å²) < 4.78 is 6.94. The van der Waals surface area contributed by atoms with Crippen molar-refractivity contribution in [1.82, 2.24) is 14.6 Å². The van der Waals surface area contributed by atoms with Crippen LogP contribution in [0.5, 0.6) is 0 Å². The number of aromatic nitrogens is 3. The van der Waals surface area contributed by atoms with Crippen molar-refractivity contribution in [3.63, 3.8) is 0 Å². The Kier molecular flexibility index (Phi) is 4.50. The van der Waals surface area contributed by atoms with E-state index < -0.39 is 0 Å². The molecule has 0 unspecified atom stereocenters. The average molecular weight is 331 g/mol. The predicted octanol–water partition coefficient (Wildman–Crippen LogP) is 3.72. The van der Waals surface area contributed by atoms with Crippen molar-refractivity contribution in [2.75, 3.05) is 25.6 Å². The standard InChI is InChI=1S/C17H19ClN4O/c1-11-10-15(19-8-9-23-3)22-17(20-11)16(12(2)21-22)13-4-6-14(18)7-5-13/h4-7,10,19H,8-9H2,1-3H3. The number of nitrogens with zero attached hydrogens (tertiary/aromatic N) is 3. The van der Waals surface area contributed by atoms with Crippen molar-refractivity contribution in [2.24, 2.45) is 0 Å². The SMILES string of the molecule is COCCNc1cc(C)nc2c(-c3ccc(Cl)cc3)c(C)nn12. The van der Waals surface area contributed by atoms with Gasteiger partial charge in [-0.1, -0.05) is 23.7 Å². The molecule has 1 aromatic carbocycles. The molecule has 2 aromatic heterocycles. The molecule has 0 aliphatic carbocycles. The third-order valence-corrected chi connectivity index (χ3v) is 3.89. The van der Waals surface area contributed by atoms with Crippen molar-refractivity contribution >= 4 is 23.1 Å². The van der Waals surface area contributed by atoms with Crippen LogP contribution in [0.1, 0.15) is 11.4 Å². The molecule has 1 N–H and O–H groups in total. The minimum Gasteiger partial charge on any atom is -0.383 e. The molecule has 0 amide bonds. The monoisotopic (exact) mass is 330 g/mol. The molecule has 0 radical (unpaired) electrons. The third kappa shape index (κ3) is 3.16. The van der Waals surface area contributed by atoms with Gasteiger partial charge in [-0.25, -0.2) is 4.98 Å². The van der Waals surface area contributed by atoms with Gasteiger partial charge in [-0.15, -0.1) is 0 Å². The zero-order valence-corrected chi connectivity index (χ0v) is 14.2. The molecular weight excluding hydrogens is 312 g/mol. The summed E-state index contributed by atoms with van der Waals surface area (Å²) in [4.78, 5) is 4.68. The molecular formula is C17H19ClN4O. The number of aryl methyl sites for hydroxylation is 2. The number of ether oxygens (including phenoxy) is 1. The van der Waals surface area contributed by atoms with Gasteiger partial charge in [-0.3, -0.25) is 0 Å². The molecule has 120 valence electrons. The number of rotatable bonds is 5. The number of halogens is 1. The number of hydrogen-bond donors (Lipinski definition) is 1. The Morgan fingerprint density at radius 3 is 2.65 bits per heavy atom. The van der Waals surface area contributed by atoms with Crippen LogP contribution in [0, 0.1) is 13.8 Å². The zero-order chi connectivity index (χ0) is 16.4. The number of anilines is 1. The molecule has 0 bridgehead atoms. The van der Waals surface area contributed by atoms with Crippen LogP contribution in [0.2, 0.25) is 5.02 Å². The van der Waals surface area contributed by atoms with Crippen molar-refractivity contribution in [1.29, 1.82) is 0 Å². The number of benzene rings is 1. The van der Waals surface area contributed by atoms with Gasteiger partial charge in [0.15, 0.2) is 5.65 Å². The molecule has 6 heteroatoms. The van der Waals surface area contributed by atoms with E-state index in [2.05, 4.69) is 15.4 Å². The summed E-state index contributed by atoms with van der Waals surface area (Å²) in [6, 6.07) is 9.74. The normalized spacial score (nSPS) is 11.1. The molecule has 0 fully saturated rings. The van der Waals surface area contributed by atoms with E-state index in [1.54, 1.807) is 7.11 Å². The Morgan fingerprint density at radius 1 is 1.22 bits per heavy atom. The van der Waals surface area contributed by atoms with E-state index in [4.69, 9.17) is 16.3 Å². The minimum atomic E-state index is 0.632. The summed E-state index contributed by atoms with van der Waals surface area (Å²) in [7, 11) is 1.69. The first-order chi connectivity index (χ1) is 11.1. The lowest BCUT2D eigenvalue weighted by Crippen LogP contribution is -2.12. The first-order valence-corrected chi connectivity index (χ1v) is 7.83. The maximum atomic E-state index is 5.99. The first-order valence-electron chi connectivity index (χ1n) is 7.46. The average Bonchev–Trinajstić information content (AvgIpc) is 2.85. The Balaban J connectivity index is 2.12. The van der Waals surface area contributed by atoms with Crippen LogP contribution in [-0.4, -0.2) is 34.9 Å². The lowest BCUT2D eigenvalue weighted by Gasteiger charge is -2.09. The van der Waals surface area contributed by atoms with Crippen LogP contribution in [0.3, 0.4) is 0 Å². The lowest BCUT2D eigenvalue weighted by atomic mass is 10.1. The highest BCUT2D eigenvalue weighted by atomic mass is 35.5. The fourth-order valence-corrected chi connectivity index (χ4v) is 2.73. The van der Waals surface area contributed by atoms with Crippen molar-refractivity contribution in [3.8, 4) is 11.1 Å². The van der Waals surface area contributed by atoms with Crippen LogP contribution in [0.4, 0.5) is 5.82 Å². The van der Waals surface area contributed by atoms with Gasteiger partial charge in [0.1, 0.15) is 5.82 Å². The smallest absolute Gasteiger partial charge is 0.165 e. The Morgan fingerprint density at radius 2 is 1.96 bits per heavy atom. The fourth-order valence-electron chi connectivity index (χ4n) is 2.61. The molecule has 0 saturated heterocycles. The van der Waals surface area contributed by atoms with Gasteiger partial charge in [0.25, 0.3) is 0 Å². The van der Waals surface area contributed by atoms with E-state index in [0.717, 1.165) is 34.0 Å². The highest BCUT2D eigenvalue weighted by molar-refractivity contribution is 6.30. The Bertz CT molecular complexity index is 827. The van der Waals surface area contributed by atoms with Crippen molar-refractivity contribution in [3.05, 3.63) is 46.7 Å². The van der Waals surface area contributed by atoms with Crippen LogP contribution in [0.15, 0.2) is 30.3 Å². The summed E-state index contributed by atoms with van der Waals surface area (Å²) in [5.74, 6) is 0.910. The molecule has 3 rings (SSSR count). The number of hydrogen-bond acceptors (Lipinski definition) is 4. The summed E-state index contributed by atoms with van der Waals surface area (Å²) in [6.45, 7) is 5.32. The second kappa shape index (κ2) is 6.56. The molecule has 0 aliphatic heterocycles. The van der Waals surface area contributed by atoms with Crippen LogP contribution >= 0.6 is 11.6 Å². The largest absolute Gasteiger partial charge is 0.383 e. The lowest BCUT2D eigenvalue weighted by molar-refractivity contribution is 0.210. The van der Waals surface area contributed by atoms with Gasteiger partial charge < -0.3 is 10.1 Å². The molecule has 0 spiro atoms. The maximum absolute atomic E-state index is 5.99. The van der Waals surface area contributed by atoms with E-state index in [9.17, 15) is 0 Å². The van der Waals surface area contributed by atoms with Crippen LogP contribution in [-0.2, 0) is 4.74 Å². The summed E-state index contributed by atoms with van der Waals surface area (Å²) in [5, 5.41) is 8.71. The molecule has 0 aliphatic rings. The first kappa shape index (κ1) is 15.8. The summed E-state index contributed by atoms with van der Waals surface area (Å²) in [5.41, 5.74) is 4.79. The van der Waals surface area contributed by atoms with Gasteiger partial charge >= 0.3 is 0 Å². The second-order valence-electron chi connectivity index (χ2n) is 5.41. The highest BCUT2D eigenvalue weighted by Crippen LogP contribution is 2.30. The van der Waals surface area contributed by atoms with E-state index in [1.165, 1.54) is 0 Å². The quantitative estimate of drug-likeness (QED) is 0.724. The van der Waals surface area contributed by atoms with E-state index in [-0.39, 0.29) is 0 Å². The van der Waals surface area contributed by atoms with Crippen molar-refractivity contribution < 1.29 is 4.74 Å². The van der Waals surface area contributed by atoms with E-state index in [1.807, 2.05) is 48.7 Å².